The van der Waals surface area contributed by atoms with Gasteiger partial charge in [0, 0.05) is 5.92 Å². The Morgan fingerprint density at radius 3 is 2.56 bits per heavy atom. The lowest BCUT2D eigenvalue weighted by atomic mass is 10.2. The third kappa shape index (κ3) is 2.31. The molecule has 0 fully saturated rings. The Hall–Kier alpha value is -1.26. The van der Waals surface area contributed by atoms with E-state index in [-0.39, 0.29) is 12.5 Å². The highest BCUT2D eigenvalue weighted by atomic mass is 35.5. The van der Waals surface area contributed by atoms with Gasteiger partial charge in [-0.25, -0.2) is 4.98 Å². The third-order valence-corrected chi connectivity index (χ3v) is 3.35. The first kappa shape index (κ1) is 13.2. The lowest BCUT2D eigenvalue weighted by Crippen LogP contribution is -2.12. The topological polar surface area (TPSA) is 55.1 Å². The smallest absolute Gasteiger partial charge is 0.323 e. The summed E-state index contributed by atoms with van der Waals surface area (Å²) in [6, 6.07) is 3.31. The van der Waals surface area contributed by atoms with Crippen molar-refractivity contribution in [2.45, 2.75) is 26.3 Å². The van der Waals surface area contributed by atoms with Crippen molar-refractivity contribution in [3.63, 3.8) is 0 Å². The molecule has 1 heterocycles. The van der Waals surface area contributed by atoms with Gasteiger partial charge in [0.1, 0.15) is 12.4 Å². The molecule has 1 N–H and O–H groups in total. The van der Waals surface area contributed by atoms with E-state index in [2.05, 4.69) is 4.98 Å². The Labute approximate surface area is 114 Å². The zero-order chi connectivity index (χ0) is 13.4. The van der Waals surface area contributed by atoms with Crippen molar-refractivity contribution in [2.75, 3.05) is 0 Å². The molecule has 0 aliphatic carbocycles. The lowest BCUT2D eigenvalue weighted by Gasteiger charge is -2.08. The minimum absolute atomic E-state index is 0.120. The number of hydrogen-bond acceptors (Lipinski definition) is 2. The van der Waals surface area contributed by atoms with Gasteiger partial charge in [-0.15, -0.1) is 0 Å². The number of aliphatic carboxylic acids is 1. The summed E-state index contributed by atoms with van der Waals surface area (Å²) in [4.78, 5) is 15.4. The molecule has 1 aromatic heterocycles. The molecule has 0 unspecified atom stereocenters. The van der Waals surface area contributed by atoms with Crippen LogP contribution in [0.2, 0.25) is 10.0 Å². The number of hydrogen-bond donors (Lipinski definition) is 1. The first-order valence-electron chi connectivity index (χ1n) is 5.47. The van der Waals surface area contributed by atoms with E-state index in [9.17, 15) is 4.79 Å². The van der Waals surface area contributed by atoms with Crippen LogP contribution in [0.15, 0.2) is 12.1 Å². The second-order valence-electron chi connectivity index (χ2n) is 4.36. The maximum Gasteiger partial charge on any atom is 0.323 e. The fourth-order valence-electron chi connectivity index (χ4n) is 1.88. The van der Waals surface area contributed by atoms with Crippen molar-refractivity contribution in [3.05, 3.63) is 28.0 Å². The molecule has 0 aliphatic rings. The maximum atomic E-state index is 10.9. The van der Waals surface area contributed by atoms with Crippen molar-refractivity contribution in [3.8, 4) is 0 Å². The minimum Gasteiger partial charge on any atom is -0.480 e. The van der Waals surface area contributed by atoms with Crippen LogP contribution in [0.4, 0.5) is 0 Å². The fourth-order valence-corrected chi connectivity index (χ4v) is 2.20. The molecule has 0 amide bonds. The SMILES string of the molecule is CC(C)c1nc2cc(Cl)c(Cl)cc2n1CC(=O)O. The van der Waals surface area contributed by atoms with Crippen molar-refractivity contribution in [1.29, 1.82) is 0 Å². The number of carboxylic acid groups (broad SMARTS) is 1. The Morgan fingerprint density at radius 1 is 1.39 bits per heavy atom. The molecular weight excluding hydrogens is 275 g/mol. The van der Waals surface area contributed by atoms with E-state index >= 15 is 0 Å². The number of benzene rings is 1. The second kappa shape index (κ2) is 4.78. The largest absolute Gasteiger partial charge is 0.480 e. The molecular formula is C12H12Cl2N2O2. The predicted octanol–water partition coefficient (Wildman–Crippen LogP) is 3.55. The molecule has 0 saturated heterocycles. The normalized spacial score (nSPS) is 11.4. The number of rotatable bonds is 3. The standard InChI is InChI=1S/C12H12Cl2N2O2/c1-6(2)12-15-9-3-7(13)8(14)4-10(9)16(12)5-11(17)18/h3-4,6H,5H2,1-2H3,(H,17,18). The summed E-state index contributed by atoms with van der Waals surface area (Å²) in [6.45, 7) is 3.79. The van der Waals surface area contributed by atoms with E-state index in [1.165, 1.54) is 0 Å². The van der Waals surface area contributed by atoms with E-state index < -0.39 is 5.97 Å². The molecule has 2 rings (SSSR count). The number of imidazole rings is 1. The van der Waals surface area contributed by atoms with Crippen LogP contribution >= 0.6 is 23.2 Å². The van der Waals surface area contributed by atoms with Gasteiger partial charge in [0.15, 0.2) is 0 Å². The number of carboxylic acids is 1. The lowest BCUT2D eigenvalue weighted by molar-refractivity contribution is -0.137. The van der Waals surface area contributed by atoms with Gasteiger partial charge >= 0.3 is 5.97 Å². The van der Waals surface area contributed by atoms with Gasteiger partial charge < -0.3 is 9.67 Å². The van der Waals surface area contributed by atoms with Gasteiger partial charge in [-0.2, -0.15) is 0 Å². The molecule has 6 heteroatoms. The number of fused-ring (bicyclic) bond motifs is 1. The number of aromatic nitrogens is 2. The van der Waals surface area contributed by atoms with Gasteiger partial charge in [0.2, 0.25) is 0 Å². The number of nitrogens with zero attached hydrogens (tertiary/aromatic N) is 2. The van der Waals surface area contributed by atoms with Crippen molar-refractivity contribution in [1.82, 2.24) is 9.55 Å². The maximum absolute atomic E-state index is 10.9. The molecule has 0 aliphatic heterocycles. The summed E-state index contributed by atoms with van der Waals surface area (Å²) in [6.07, 6.45) is 0. The Bertz CT molecular complexity index is 620. The average Bonchev–Trinajstić information content (AvgIpc) is 2.57. The van der Waals surface area contributed by atoms with E-state index in [1.54, 1.807) is 16.7 Å². The van der Waals surface area contributed by atoms with Gasteiger partial charge in [-0.1, -0.05) is 37.0 Å². The van der Waals surface area contributed by atoms with Gasteiger partial charge in [-0.05, 0) is 12.1 Å². The molecule has 1 aromatic carbocycles. The quantitative estimate of drug-likeness (QED) is 0.939. The molecule has 0 radical (unpaired) electrons. The van der Waals surface area contributed by atoms with E-state index in [0.29, 0.717) is 26.9 Å². The van der Waals surface area contributed by atoms with Crippen LogP contribution in [0, 0.1) is 0 Å². The molecule has 18 heavy (non-hydrogen) atoms. The Kier molecular flexibility index (Phi) is 3.50. The van der Waals surface area contributed by atoms with Crippen molar-refractivity contribution in [2.24, 2.45) is 0 Å². The van der Waals surface area contributed by atoms with Crippen LogP contribution < -0.4 is 0 Å². The van der Waals surface area contributed by atoms with Crippen LogP contribution in [-0.4, -0.2) is 20.6 Å². The molecule has 0 saturated carbocycles. The predicted molar refractivity (Wildman–Crippen MR) is 71.5 cm³/mol. The van der Waals surface area contributed by atoms with Crippen LogP contribution in [-0.2, 0) is 11.3 Å². The first-order chi connectivity index (χ1) is 8.40. The van der Waals surface area contributed by atoms with Gasteiger partial charge in [-0.3, -0.25) is 4.79 Å². The average molecular weight is 287 g/mol. The summed E-state index contributed by atoms with van der Waals surface area (Å²) in [7, 11) is 0. The van der Waals surface area contributed by atoms with Crippen molar-refractivity contribution >= 4 is 40.2 Å². The highest BCUT2D eigenvalue weighted by molar-refractivity contribution is 6.42. The molecule has 0 spiro atoms. The fraction of sp³-hybridized carbons (Fsp3) is 0.333. The van der Waals surface area contributed by atoms with Gasteiger partial charge in [0.05, 0.1) is 21.1 Å². The first-order valence-corrected chi connectivity index (χ1v) is 6.22. The molecule has 0 bridgehead atoms. The highest BCUT2D eigenvalue weighted by Gasteiger charge is 2.17. The zero-order valence-corrected chi connectivity index (χ0v) is 11.5. The Morgan fingerprint density at radius 2 is 2.00 bits per heavy atom. The third-order valence-electron chi connectivity index (χ3n) is 2.63. The van der Waals surface area contributed by atoms with Crippen LogP contribution in [0.25, 0.3) is 11.0 Å². The summed E-state index contributed by atoms with van der Waals surface area (Å²) in [5.74, 6) is -0.0812. The summed E-state index contributed by atoms with van der Waals surface area (Å²) in [5.41, 5.74) is 1.35. The van der Waals surface area contributed by atoms with E-state index in [0.717, 1.165) is 0 Å². The molecule has 4 nitrogen and oxygen atoms in total. The van der Waals surface area contributed by atoms with Crippen molar-refractivity contribution < 1.29 is 9.90 Å². The van der Waals surface area contributed by atoms with Crippen LogP contribution in [0.5, 0.6) is 0 Å². The number of halogens is 2. The van der Waals surface area contributed by atoms with Crippen LogP contribution in [0.3, 0.4) is 0 Å². The Balaban J connectivity index is 2.72. The summed E-state index contributed by atoms with van der Waals surface area (Å²) >= 11 is 11.9. The highest BCUT2D eigenvalue weighted by Crippen LogP contribution is 2.30. The number of carbonyl (C=O) groups is 1. The second-order valence-corrected chi connectivity index (χ2v) is 5.17. The van der Waals surface area contributed by atoms with Gasteiger partial charge in [0.25, 0.3) is 0 Å². The minimum atomic E-state index is -0.915. The van der Waals surface area contributed by atoms with E-state index in [1.807, 2.05) is 13.8 Å². The summed E-state index contributed by atoms with van der Waals surface area (Å²) in [5, 5.41) is 9.78. The van der Waals surface area contributed by atoms with Crippen LogP contribution in [0.1, 0.15) is 25.6 Å². The zero-order valence-electron chi connectivity index (χ0n) is 9.94. The molecule has 2 aromatic rings. The van der Waals surface area contributed by atoms with E-state index in [4.69, 9.17) is 28.3 Å². The monoisotopic (exact) mass is 286 g/mol. The molecule has 96 valence electrons. The summed E-state index contributed by atoms with van der Waals surface area (Å²) < 4.78 is 1.66. The molecule has 0 atom stereocenters.